The fourth-order valence-corrected chi connectivity index (χ4v) is 3.54. The summed E-state index contributed by atoms with van der Waals surface area (Å²) in [6.45, 7) is 0.493. The smallest absolute Gasteiger partial charge is 0.188 e. The molecule has 0 aromatic rings. The number of alkyl halides is 3. The maximum absolute atomic E-state index is 12.2. The molecule has 0 unspecified atom stereocenters. The van der Waals surface area contributed by atoms with E-state index in [9.17, 15) is 21.6 Å². The molecule has 0 amide bonds. The second-order valence-electron chi connectivity index (χ2n) is 5.29. The van der Waals surface area contributed by atoms with Crippen LogP contribution in [0.2, 0.25) is 0 Å². The molecule has 1 aliphatic heterocycles. The zero-order valence-corrected chi connectivity index (χ0v) is 12.6. The largest absolute Gasteiger partial charge is 0.524 e. The molecule has 20 heavy (non-hydrogen) atoms. The van der Waals surface area contributed by atoms with E-state index in [1.165, 1.54) is 25.7 Å². The predicted octanol–water partition coefficient (Wildman–Crippen LogP) is 3.09. The highest BCUT2D eigenvalue weighted by molar-refractivity contribution is 7.87. The van der Waals surface area contributed by atoms with Gasteiger partial charge in [-0.3, -0.25) is 0 Å². The molecule has 4 nitrogen and oxygen atoms in total. The van der Waals surface area contributed by atoms with Crippen LogP contribution < -0.4 is 0 Å². The third-order valence-electron chi connectivity index (χ3n) is 4.05. The average Bonchev–Trinajstić information content (AvgIpc) is 2.81. The summed E-state index contributed by atoms with van der Waals surface area (Å²) in [5, 5.41) is 0.925. The van der Waals surface area contributed by atoms with Crippen LogP contribution in [-0.2, 0) is 14.4 Å². The predicted molar refractivity (Wildman–Crippen MR) is 69.6 cm³/mol. The van der Waals surface area contributed by atoms with Crippen LogP contribution in [0.25, 0.3) is 0 Å². The summed E-state index contributed by atoms with van der Waals surface area (Å²) in [5.74, 6) is 1.15. The number of hydrogen-bond acceptors (Lipinski definition) is 4. The van der Waals surface area contributed by atoms with E-state index in [-0.39, 0.29) is 25.5 Å². The van der Waals surface area contributed by atoms with E-state index in [1.54, 1.807) is 0 Å². The summed E-state index contributed by atoms with van der Waals surface area (Å²) in [5.41, 5.74) is -5.35. The molecule has 0 spiro atoms. The second kappa shape index (κ2) is 6.81. The number of hydrogen-bond donors (Lipinski definition) is 0. The Morgan fingerprint density at radius 3 is 1.85 bits per heavy atom. The first-order valence-corrected chi connectivity index (χ1v) is 7.96. The molecule has 0 radical (unpaired) electrons. The van der Waals surface area contributed by atoms with E-state index in [4.69, 9.17) is 0 Å². The fourth-order valence-electron chi connectivity index (χ4n) is 3.03. The zero-order valence-electron chi connectivity index (χ0n) is 10.9. The molecular weight excluding hydrogens is 319 g/mol. The molecule has 1 saturated carbocycles. The van der Waals surface area contributed by atoms with Crippen molar-refractivity contribution < 1.29 is 25.9 Å². The van der Waals surface area contributed by atoms with Crippen LogP contribution in [0.4, 0.5) is 13.2 Å². The molecule has 0 aromatic carbocycles. The van der Waals surface area contributed by atoms with Gasteiger partial charge in [0.1, 0.15) is 0 Å². The second-order valence-corrected chi connectivity index (χ2v) is 6.81. The lowest BCUT2D eigenvalue weighted by molar-refractivity contribution is -0.115. The Kier molecular flexibility index (Phi) is 6.13. The molecule has 120 valence electrons. The highest BCUT2D eigenvalue weighted by Gasteiger charge is 2.49. The van der Waals surface area contributed by atoms with Gasteiger partial charge >= 0.3 is 15.6 Å². The van der Waals surface area contributed by atoms with E-state index in [2.05, 4.69) is 4.28 Å². The summed E-state index contributed by atoms with van der Waals surface area (Å²) in [6.07, 6.45) is 6.24. The van der Waals surface area contributed by atoms with E-state index in [0.717, 1.165) is 5.06 Å². The van der Waals surface area contributed by atoms with Crippen LogP contribution in [0.5, 0.6) is 0 Å². The molecule has 2 aliphatic rings. The fraction of sp³-hybridized carbons (Fsp3) is 1.00. The minimum Gasteiger partial charge on any atom is -0.188 e. The molecule has 9 heteroatoms. The van der Waals surface area contributed by atoms with Crippen LogP contribution in [0.1, 0.15) is 38.5 Å². The van der Waals surface area contributed by atoms with Crippen molar-refractivity contribution >= 4 is 22.5 Å². The van der Waals surface area contributed by atoms with Gasteiger partial charge in [-0.25, -0.2) is 0 Å². The summed E-state index contributed by atoms with van der Waals surface area (Å²) < 4.78 is 62.4. The third kappa shape index (κ3) is 4.22. The highest BCUT2D eigenvalue weighted by atomic mass is 35.5. The van der Waals surface area contributed by atoms with Crippen molar-refractivity contribution in [1.82, 2.24) is 5.06 Å². The van der Waals surface area contributed by atoms with E-state index in [0.29, 0.717) is 24.7 Å². The van der Waals surface area contributed by atoms with Crippen LogP contribution in [-0.4, -0.2) is 32.1 Å². The molecule has 0 bridgehead atoms. The Morgan fingerprint density at radius 1 is 0.950 bits per heavy atom. The third-order valence-corrected chi connectivity index (χ3v) is 5.03. The molecule has 1 heterocycles. The first kappa shape index (κ1) is 18.0. The van der Waals surface area contributed by atoms with Gasteiger partial charge in [-0.05, 0) is 24.7 Å². The van der Waals surface area contributed by atoms with Crippen LogP contribution in [0.3, 0.4) is 0 Å². The van der Waals surface area contributed by atoms with Crippen LogP contribution >= 0.6 is 12.4 Å². The standard InChI is InChI=1S/C11H18F3NO3S.ClH/c12-11(13,14)19(16,17)18-15-7-5-10(6-8-15)9-3-1-2-4-9;/h9-10H,1-8H2;1H. The summed E-state index contributed by atoms with van der Waals surface area (Å²) in [6, 6.07) is 0. The van der Waals surface area contributed by atoms with Gasteiger partial charge in [0.2, 0.25) is 0 Å². The van der Waals surface area contributed by atoms with Crippen molar-refractivity contribution in [2.75, 3.05) is 13.1 Å². The summed E-state index contributed by atoms with van der Waals surface area (Å²) in [7, 11) is -5.51. The van der Waals surface area contributed by atoms with Gasteiger partial charge < -0.3 is 0 Å². The number of rotatable bonds is 3. The lowest BCUT2D eigenvalue weighted by atomic mass is 9.84. The van der Waals surface area contributed by atoms with Gasteiger partial charge in [-0.15, -0.1) is 12.4 Å². The molecule has 0 N–H and O–H groups in total. The Balaban J connectivity index is 0.00000200. The van der Waals surface area contributed by atoms with Crippen molar-refractivity contribution in [3.8, 4) is 0 Å². The Morgan fingerprint density at radius 2 is 1.40 bits per heavy atom. The lowest BCUT2D eigenvalue weighted by Crippen LogP contribution is -2.40. The van der Waals surface area contributed by atoms with E-state index in [1.807, 2.05) is 0 Å². The van der Waals surface area contributed by atoms with Gasteiger partial charge in [0.15, 0.2) is 0 Å². The van der Waals surface area contributed by atoms with Crippen molar-refractivity contribution in [3.63, 3.8) is 0 Å². The zero-order chi connectivity index (χ0) is 14.1. The quantitative estimate of drug-likeness (QED) is 0.742. The monoisotopic (exact) mass is 337 g/mol. The number of piperidine rings is 1. The van der Waals surface area contributed by atoms with E-state index >= 15 is 0 Å². The molecule has 0 aromatic heterocycles. The van der Waals surface area contributed by atoms with Crippen molar-refractivity contribution in [1.29, 1.82) is 0 Å². The molecule has 0 atom stereocenters. The molecule has 2 rings (SSSR count). The van der Waals surface area contributed by atoms with Gasteiger partial charge in [-0.1, -0.05) is 25.7 Å². The number of halogens is 4. The average molecular weight is 338 g/mol. The Bertz CT molecular complexity index is 402. The normalized spacial score (nSPS) is 23.8. The molecule has 1 saturated heterocycles. The van der Waals surface area contributed by atoms with Gasteiger partial charge in [0.25, 0.3) is 0 Å². The first-order chi connectivity index (χ1) is 8.79. The maximum atomic E-state index is 12.2. The Labute approximate surface area is 123 Å². The van der Waals surface area contributed by atoms with Gasteiger partial charge in [-0.2, -0.15) is 30.9 Å². The minimum atomic E-state index is -5.51. The number of hydroxylamine groups is 2. The number of nitrogens with zero attached hydrogens (tertiary/aromatic N) is 1. The Hall–Kier alpha value is -0.0500. The first-order valence-electron chi connectivity index (χ1n) is 6.55. The van der Waals surface area contributed by atoms with Gasteiger partial charge in [0.05, 0.1) is 0 Å². The minimum absolute atomic E-state index is 0. The van der Waals surface area contributed by atoms with Crippen molar-refractivity contribution in [3.05, 3.63) is 0 Å². The van der Waals surface area contributed by atoms with Crippen LogP contribution in [0.15, 0.2) is 0 Å². The van der Waals surface area contributed by atoms with Gasteiger partial charge in [0, 0.05) is 13.1 Å². The lowest BCUT2D eigenvalue weighted by Gasteiger charge is -2.33. The van der Waals surface area contributed by atoms with E-state index < -0.39 is 15.6 Å². The maximum Gasteiger partial charge on any atom is 0.524 e. The topological polar surface area (TPSA) is 46.6 Å². The molecule has 2 fully saturated rings. The molecular formula is C11H19ClF3NO3S. The molecule has 1 aliphatic carbocycles. The highest BCUT2D eigenvalue weighted by Crippen LogP contribution is 2.37. The van der Waals surface area contributed by atoms with Crippen molar-refractivity contribution in [2.24, 2.45) is 11.8 Å². The van der Waals surface area contributed by atoms with Crippen molar-refractivity contribution in [2.45, 2.75) is 44.0 Å². The summed E-state index contributed by atoms with van der Waals surface area (Å²) >= 11 is 0. The summed E-state index contributed by atoms with van der Waals surface area (Å²) in [4.78, 5) is 0. The van der Waals surface area contributed by atoms with Crippen LogP contribution in [0, 0.1) is 11.8 Å². The SMILES string of the molecule is Cl.O=S(=O)(ON1CCC(C2CCCC2)CC1)C(F)(F)F.